The van der Waals surface area contributed by atoms with Crippen LogP contribution in [0.25, 0.3) is 0 Å². The van der Waals surface area contributed by atoms with Crippen molar-refractivity contribution in [3.8, 4) is 0 Å². The van der Waals surface area contributed by atoms with Crippen molar-refractivity contribution in [2.45, 2.75) is 26.1 Å². The highest BCUT2D eigenvalue weighted by molar-refractivity contribution is 9.08. The van der Waals surface area contributed by atoms with Crippen molar-refractivity contribution in [1.82, 2.24) is 0 Å². The Hall–Kier alpha value is -0.910. The summed E-state index contributed by atoms with van der Waals surface area (Å²) < 4.78 is 4.64. The number of rotatable bonds is 4. The van der Waals surface area contributed by atoms with Crippen LogP contribution in [0.1, 0.15) is 18.1 Å². The molecule has 1 atom stereocenters. The summed E-state index contributed by atoms with van der Waals surface area (Å²) >= 11 is 6.64. The lowest BCUT2D eigenvalue weighted by Crippen LogP contribution is -2.29. The SMILES string of the molecule is CCOC(=O)C1(c2ccccc2)Sc2ccc(CBr)cc2S1. The molecule has 2 nitrogen and oxygen atoms in total. The largest absolute Gasteiger partial charge is 0.464 e. The standard InChI is InChI=1S/C17H15BrO2S2/c1-2-20-16(19)17(13-6-4-3-5-7-13)21-14-9-8-12(11-18)10-15(14)22-17/h3-10H,2,11H2,1H3. The third-order valence-electron chi connectivity index (χ3n) is 3.37. The molecule has 0 saturated heterocycles. The van der Waals surface area contributed by atoms with Gasteiger partial charge in [-0.3, -0.25) is 0 Å². The summed E-state index contributed by atoms with van der Waals surface area (Å²) in [6, 6.07) is 16.2. The lowest BCUT2D eigenvalue weighted by Gasteiger charge is -2.25. The first-order valence-electron chi connectivity index (χ1n) is 6.99. The van der Waals surface area contributed by atoms with Crippen molar-refractivity contribution >= 4 is 45.4 Å². The molecule has 22 heavy (non-hydrogen) atoms. The quantitative estimate of drug-likeness (QED) is 0.525. The molecule has 0 radical (unpaired) electrons. The van der Waals surface area contributed by atoms with Gasteiger partial charge >= 0.3 is 5.97 Å². The minimum absolute atomic E-state index is 0.187. The molecule has 5 heteroatoms. The number of thioether (sulfide) groups is 2. The second kappa shape index (κ2) is 6.69. The molecule has 0 saturated carbocycles. The molecule has 0 amide bonds. The Morgan fingerprint density at radius 1 is 1.14 bits per heavy atom. The van der Waals surface area contributed by atoms with E-state index >= 15 is 0 Å². The third-order valence-corrected chi connectivity index (χ3v) is 7.16. The highest BCUT2D eigenvalue weighted by atomic mass is 79.9. The molecule has 2 aromatic rings. The minimum atomic E-state index is -0.745. The number of fused-ring (bicyclic) bond motifs is 1. The lowest BCUT2D eigenvalue weighted by atomic mass is 10.1. The fourth-order valence-corrected chi connectivity index (χ4v) is 5.72. The van der Waals surface area contributed by atoms with Crippen LogP contribution in [-0.4, -0.2) is 12.6 Å². The van der Waals surface area contributed by atoms with Gasteiger partial charge in [0.15, 0.2) is 4.08 Å². The van der Waals surface area contributed by atoms with E-state index in [1.807, 2.05) is 37.3 Å². The van der Waals surface area contributed by atoms with Gasteiger partial charge in [-0.2, -0.15) is 0 Å². The van der Waals surface area contributed by atoms with Crippen LogP contribution in [0.2, 0.25) is 0 Å². The van der Waals surface area contributed by atoms with Crippen molar-refractivity contribution in [1.29, 1.82) is 0 Å². The number of esters is 1. The maximum absolute atomic E-state index is 12.7. The zero-order valence-corrected chi connectivity index (χ0v) is 15.3. The topological polar surface area (TPSA) is 26.3 Å². The number of benzene rings is 2. The molecule has 2 aromatic carbocycles. The molecule has 0 N–H and O–H groups in total. The van der Waals surface area contributed by atoms with Crippen molar-refractivity contribution in [2.24, 2.45) is 0 Å². The molecule has 0 spiro atoms. The number of carbonyl (C=O) groups is 1. The van der Waals surface area contributed by atoms with Crippen molar-refractivity contribution in [2.75, 3.05) is 6.61 Å². The molecule has 3 rings (SSSR count). The van der Waals surface area contributed by atoms with E-state index in [0.717, 1.165) is 20.7 Å². The first-order chi connectivity index (χ1) is 10.7. The summed E-state index contributed by atoms with van der Waals surface area (Å²) in [5.41, 5.74) is 2.18. The molecule has 0 fully saturated rings. The fraction of sp³-hybridized carbons (Fsp3) is 0.235. The third kappa shape index (κ3) is 2.82. The first-order valence-corrected chi connectivity index (χ1v) is 9.74. The Morgan fingerprint density at radius 2 is 1.86 bits per heavy atom. The Balaban J connectivity index is 2.05. The average molecular weight is 395 g/mol. The second-order valence-electron chi connectivity index (χ2n) is 4.82. The number of halogens is 1. The molecule has 0 aliphatic carbocycles. The Kier molecular flexibility index (Phi) is 4.85. The van der Waals surface area contributed by atoms with Crippen molar-refractivity contribution in [3.05, 3.63) is 59.7 Å². The Labute approximate surface area is 147 Å². The zero-order chi connectivity index (χ0) is 15.6. The second-order valence-corrected chi connectivity index (χ2v) is 8.15. The lowest BCUT2D eigenvalue weighted by molar-refractivity contribution is -0.143. The predicted molar refractivity (Wildman–Crippen MR) is 95.5 cm³/mol. The molecule has 0 aromatic heterocycles. The van der Waals surface area contributed by atoms with Crippen molar-refractivity contribution in [3.63, 3.8) is 0 Å². The maximum Gasteiger partial charge on any atom is 0.337 e. The molecule has 1 heterocycles. The average Bonchev–Trinajstić information content (AvgIpc) is 2.95. The minimum Gasteiger partial charge on any atom is -0.464 e. The van der Waals surface area contributed by atoms with Gasteiger partial charge in [0.05, 0.1) is 6.61 Å². The van der Waals surface area contributed by atoms with Gasteiger partial charge < -0.3 is 4.74 Å². The van der Waals surface area contributed by atoms with Crippen molar-refractivity contribution < 1.29 is 9.53 Å². The summed E-state index contributed by atoms with van der Waals surface area (Å²) in [6.07, 6.45) is 0. The molecule has 1 aliphatic rings. The highest BCUT2D eigenvalue weighted by Gasteiger charge is 2.49. The van der Waals surface area contributed by atoms with E-state index in [4.69, 9.17) is 4.74 Å². The Bertz CT molecular complexity index is 690. The van der Waals surface area contributed by atoms with Crippen LogP contribution in [0.5, 0.6) is 0 Å². The van der Waals surface area contributed by atoms with Gasteiger partial charge in [0.2, 0.25) is 0 Å². The van der Waals surface area contributed by atoms with Gasteiger partial charge in [-0.1, -0.05) is 75.9 Å². The monoisotopic (exact) mass is 394 g/mol. The van der Waals surface area contributed by atoms with Crippen LogP contribution in [-0.2, 0) is 18.9 Å². The molecule has 1 aliphatic heterocycles. The number of ether oxygens (including phenoxy) is 1. The van der Waals surface area contributed by atoms with E-state index in [2.05, 4.69) is 34.1 Å². The summed E-state index contributed by atoms with van der Waals surface area (Å²) in [4.78, 5) is 15.0. The molecular weight excluding hydrogens is 380 g/mol. The summed E-state index contributed by atoms with van der Waals surface area (Å²) in [5, 5.41) is 0.809. The van der Waals surface area contributed by atoms with Gasteiger partial charge in [0, 0.05) is 15.1 Å². The van der Waals surface area contributed by atoms with E-state index in [9.17, 15) is 4.79 Å². The normalized spacial score (nSPS) is 19.7. The molecule has 114 valence electrons. The number of hydrogen-bond acceptors (Lipinski definition) is 4. The van der Waals surface area contributed by atoms with E-state index in [1.165, 1.54) is 5.56 Å². The molecule has 1 unspecified atom stereocenters. The predicted octanol–water partition coefficient (Wildman–Crippen LogP) is 5.20. The fourth-order valence-electron chi connectivity index (χ4n) is 2.33. The van der Waals surface area contributed by atoms with E-state index in [1.54, 1.807) is 23.5 Å². The van der Waals surface area contributed by atoms with Crippen LogP contribution in [0, 0.1) is 0 Å². The van der Waals surface area contributed by atoms with Crippen LogP contribution < -0.4 is 0 Å². The van der Waals surface area contributed by atoms with E-state index in [-0.39, 0.29) is 5.97 Å². The molecular formula is C17H15BrO2S2. The number of alkyl halides is 1. The van der Waals surface area contributed by atoms with Gasteiger partial charge in [-0.25, -0.2) is 4.79 Å². The zero-order valence-electron chi connectivity index (χ0n) is 12.0. The summed E-state index contributed by atoms with van der Waals surface area (Å²) in [6.45, 7) is 2.23. The van der Waals surface area contributed by atoms with Gasteiger partial charge in [-0.05, 0) is 30.2 Å². The summed E-state index contributed by atoms with van der Waals surface area (Å²) in [5.74, 6) is -0.187. The Morgan fingerprint density at radius 3 is 2.55 bits per heavy atom. The van der Waals surface area contributed by atoms with Crippen LogP contribution in [0.4, 0.5) is 0 Å². The van der Waals surface area contributed by atoms with Crippen LogP contribution in [0.3, 0.4) is 0 Å². The van der Waals surface area contributed by atoms with Gasteiger partial charge in [0.1, 0.15) is 0 Å². The number of carbonyl (C=O) groups excluding carboxylic acids is 1. The first kappa shape index (κ1) is 16.0. The molecule has 0 bridgehead atoms. The van der Waals surface area contributed by atoms with Crippen LogP contribution >= 0.6 is 39.5 Å². The number of hydrogen-bond donors (Lipinski definition) is 0. The van der Waals surface area contributed by atoms with Crippen LogP contribution in [0.15, 0.2) is 58.3 Å². The van der Waals surface area contributed by atoms with E-state index in [0.29, 0.717) is 6.61 Å². The smallest absolute Gasteiger partial charge is 0.337 e. The van der Waals surface area contributed by atoms with Gasteiger partial charge in [-0.15, -0.1) is 0 Å². The summed E-state index contributed by atoms with van der Waals surface area (Å²) in [7, 11) is 0. The highest BCUT2D eigenvalue weighted by Crippen LogP contribution is 2.62. The van der Waals surface area contributed by atoms with Gasteiger partial charge in [0.25, 0.3) is 0 Å². The van der Waals surface area contributed by atoms with E-state index < -0.39 is 4.08 Å². The maximum atomic E-state index is 12.7.